The van der Waals surface area contributed by atoms with E-state index in [9.17, 15) is 22.6 Å². The molecule has 1 unspecified atom stereocenters. The molecule has 0 aromatic carbocycles. The molecular weight excluding hydrogens is 395 g/mol. The molecule has 28 heavy (non-hydrogen) atoms. The molecular formula is C19H37NaO7S. The Balaban J connectivity index is -0.00000338. The SMILES string of the molecule is CCCCCCCOC(=O)CC(C)(C(=O)OCCCCCCC)S(=O)(=O)O.[H-].[Na+]. The van der Waals surface area contributed by atoms with E-state index in [0.717, 1.165) is 58.3 Å². The summed E-state index contributed by atoms with van der Waals surface area (Å²) in [5.74, 6) is -1.97. The molecule has 0 aliphatic heterocycles. The second kappa shape index (κ2) is 16.6. The summed E-state index contributed by atoms with van der Waals surface area (Å²) >= 11 is 0. The van der Waals surface area contributed by atoms with Crippen molar-refractivity contribution in [2.45, 2.75) is 96.1 Å². The Bertz CT molecular complexity index is 543. The van der Waals surface area contributed by atoms with Crippen LogP contribution in [0.4, 0.5) is 0 Å². The number of esters is 2. The van der Waals surface area contributed by atoms with Crippen LogP contribution in [0.2, 0.25) is 0 Å². The Labute approximate surface area is 193 Å². The zero-order valence-electron chi connectivity index (χ0n) is 19.0. The zero-order chi connectivity index (χ0) is 20.8. The summed E-state index contributed by atoms with van der Waals surface area (Å²) < 4.78 is 40.5. The fraction of sp³-hybridized carbons (Fsp3) is 0.895. The molecule has 0 spiro atoms. The molecule has 0 aromatic rings. The molecule has 0 heterocycles. The molecule has 0 saturated carbocycles. The Morgan fingerprint density at radius 2 is 1.29 bits per heavy atom. The van der Waals surface area contributed by atoms with Gasteiger partial charge in [0.25, 0.3) is 10.1 Å². The van der Waals surface area contributed by atoms with Crippen LogP contribution in [0.5, 0.6) is 0 Å². The molecule has 0 amide bonds. The van der Waals surface area contributed by atoms with Gasteiger partial charge in [-0.25, -0.2) is 0 Å². The van der Waals surface area contributed by atoms with E-state index in [4.69, 9.17) is 9.47 Å². The van der Waals surface area contributed by atoms with Crippen LogP contribution in [-0.2, 0) is 29.2 Å². The van der Waals surface area contributed by atoms with Crippen LogP contribution in [0, 0.1) is 0 Å². The van der Waals surface area contributed by atoms with Gasteiger partial charge in [-0.2, -0.15) is 8.42 Å². The van der Waals surface area contributed by atoms with Crippen molar-refractivity contribution in [2.75, 3.05) is 13.2 Å². The van der Waals surface area contributed by atoms with Crippen molar-refractivity contribution >= 4 is 22.1 Å². The summed E-state index contributed by atoms with van der Waals surface area (Å²) in [6.45, 7) is 5.39. The summed E-state index contributed by atoms with van der Waals surface area (Å²) in [5, 5.41) is 0. The van der Waals surface area contributed by atoms with E-state index >= 15 is 0 Å². The average molecular weight is 433 g/mol. The van der Waals surface area contributed by atoms with E-state index in [1.54, 1.807) is 0 Å². The zero-order valence-corrected chi connectivity index (χ0v) is 20.8. The van der Waals surface area contributed by atoms with E-state index in [2.05, 4.69) is 13.8 Å². The van der Waals surface area contributed by atoms with Crippen LogP contribution in [0.1, 0.15) is 92.8 Å². The van der Waals surface area contributed by atoms with Crippen molar-refractivity contribution in [3.63, 3.8) is 0 Å². The maximum absolute atomic E-state index is 12.2. The fourth-order valence-corrected chi connectivity index (χ4v) is 3.08. The van der Waals surface area contributed by atoms with E-state index in [1.165, 1.54) is 0 Å². The third kappa shape index (κ3) is 12.4. The fourth-order valence-electron chi connectivity index (χ4n) is 2.51. The molecule has 7 nitrogen and oxygen atoms in total. The number of ether oxygens (including phenoxy) is 2. The molecule has 0 rings (SSSR count). The number of hydrogen-bond acceptors (Lipinski definition) is 6. The molecule has 0 fully saturated rings. The first-order valence-electron chi connectivity index (χ1n) is 9.99. The standard InChI is InChI=1S/C19H36O7S.Na.H/c1-4-6-8-10-12-14-25-17(20)16-19(3,27(22,23)24)18(21)26-15-13-11-9-7-5-2;;/h4-16H2,1-3H3,(H,22,23,24);;/q;+1;-1. The molecule has 9 heteroatoms. The molecule has 0 saturated heterocycles. The van der Waals surface area contributed by atoms with Crippen molar-refractivity contribution in [3.8, 4) is 0 Å². The van der Waals surface area contributed by atoms with Crippen LogP contribution in [0.25, 0.3) is 0 Å². The monoisotopic (exact) mass is 432 g/mol. The van der Waals surface area contributed by atoms with Crippen molar-refractivity contribution in [1.29, 1.82) is 0 Å². The van der Waals surface area contributed by atoms with Crippen LogP contribution in [0.3, 0.4) is 0 Å². The molecule has 0 bridgehead atoms. The van der Waals surface area contributed by atoms with Gasteiger partial charge in [-0.1, -0.05) is 65.2 Å². The van der Waals surface area contributed by atoms with Crippen molar-refractivity contribution in [1.82, 2.24) is 0 Å². The van der Waals surface area contributed by atoms with E-state index < -0.39 is 33.2 Å². The summed E-state index contributed by atoms with van der Waals surface area (Å²) in [4.78, 5) is 24.2. The van der Waals surface area contributed by atoms with Gasteiger partial charge in [-0.05, 0) is 19.8 Å². The van der Waals surface area contributed by atoms with E-state index in [1.807, 2.05) is 0 Å². The van der Waals surface area contributed by atoms with Crippen LogP contribution in [-0.4, -0.2) is 42.9 Å². The number of hydrogen-bond donors (Lipinski definition) is 1. The number of unbranched alkanes of at least 4 members (excludes halogenated alkanes) is 8. The summed E-state index contributed by atoms with van der Waals surface area (Å²) in [5.41, 5.74) is 0. The Hall–Kier alpha value is -0.150. The number of carbonyl (C=O) groups excluding carboxylic acids is 2. The minimum Gasteiger partial charge on any atom is -1.00 e. The van der Waals surface area contributed by atoms with Crippen molar-refractivity contribution < 1.29 is 63.0 Å². The molecule has 0 aliphatic rings. The smallest absolute Gasteiger partial charge is 1.00 e. The quantitative estimate of drug-likeness (QED) is 0.169. The predicted molar refractivity (Wildman–Crippen MR) is 105 cm³/mol. The summed E-state index contributed by atoms with van der Waals surface area (Å²) in [6.07, 6.45) is 8.73. The first kappa shape index (κ1) is 30.0. The Kier molecular flexibility index (Phi) is 17.8. The molecule has 0 radical (unpaired) electrons. The molecule has 162 valence electrons. The first-order valence-corrected chi connectivity index (χ1v) is 11.4. The second-order valence-electron chi connectivity index (χ2n) is 7.07. The van der Waals surface area contributed by atoms with Crippen molar-refractivity contribution in [3.05, 3.63) is 0 Å². The van der Waals surface area contributed by atoms with Crippen LogP contribution < -0.4 is 29.6 Å². The van der Waals surface area contributed by atoms with Gasteiger partial charge < -0.3 is 10.9 Å². The van der Waals surface area contributed by atoms with Gasteiger partial charge in [0, 0.05) is 0 Å². The van der Waals surface area contributed by atoms with Gasteiger partial charge in [-0.3, -0.25) is 14.1 Å². The minimum absolute atomic E-state index is 0. The maximum atomic E-state index is 12.2. The van der Waals surface area contributed by atoms with E-state index in [0.29, 0.717) is 12.8 Å². The third-order valence-corrected chi connectivity index (χ3v) is 5.92. The molecule has 1 N–H and O–H groups in total. The van der Waals surface area contributed by atoms with Gasteiger partial charge in [0.1, 0.15) is 0 Å². The van der Waals surface area contributed by atoms with E-state index in [-0.39, 0.29) is 44.2 Å². The Morgan fingerprint density at radius 1 is 0.857 bits per heavy atom. The van der Waals surface area contributed by atoms with Crippen molar-refractivity contribution in [2.24, 2.45) is 0 Å². The first-order chi connectivity index (χ1) is 12.7. The second-order valence-corrected chi connectivity index (χ2v) is 8.92. The van der Waals surface area contributed by atoms with Gasteiger partial charge in [0.05, 0.1) is 19.6 Å². The van der Waals surface area contributed by atoms with Crippen LogP contribution >= 0.6 is 0 Å². The van der Waals surface area contributed by atoms with Gasteiger partial charge >= 0.3 is 41.5 Å². The normalized spacial score (nSPS) is 13.3. The predicted octanol–water partition coefficient (Wildman–Crippen LogP) is 1.17. The molecule has 0 aromatic heterocycles. The summed E-state index contributed by atoms with van der Waals surface area (Å²) in [6, 6.07) is 0. The average Bonchev–Trinajstić information content (AvgIpc) is 2.59. The van der Waals surface area contributed by atoms with Gasteiger partial charge in [0.15, 0.2) is 0 Å². The largest absolute Gasteiger partial charge is 1.00 e. The topological polar surface area (TPSA) is 107 Å². The maximum Gasteiger partial charge on any atom is 1.00 e. The molecule has 0 aliphatic carbocycles. The third-order valence-electron chi connectivity index (χ3n) is 4.47. The minimum atomic E-state index is -4.83. The van der Waals surface area contributed by atoms with Gasteiger partial charge in [0.2, 0.25) is 4.75 Å². The van der Waals surface area contributed by atoms with Gasteiger partial charge in [-0.15, -0.1) is 0 Å². The Morgan fingerprint density at radius 3 is 1.71 bits per heavy atom. The number of carbonyl (C=O) groups is 2. The molecule has 1 atom stereocenters. The number of rotatable bonds is 16. The summed E-state index contributed by atoms with van der Waals surface area (Å²) in [7, 11) is -4.83. The van der Waals surface area contributed by atoms with Crippen LogP contribution in [0.15, 0.2) is 0 Å².